The minimum absolute atomic E-state index is 0.0368. The number of aliphatic hydroxyl groups is 1. The van der Waals surface area contributed by atoms with E-state index in [1.807, 2.05) is 0 Å². The van der Waals surface area contributed by atoms with Crippen LogP contribution in [0.15, 0.2) is 78.5 Å². The van der Waals surface area contributed by atoms with E-state index in [-0.39, 0.29) is 11.3 Å². The van der Waals surface area contributed by atoms with Crippen molar-refractivity contribution in [2.75, 3.05) is 4.90 Å². The molecule has 1 atom stereocenters. The molecule has 5 nitrogen and oxygen atoms in total. The lowest BCUT2D eigenvalue weighted by Crippen LogP contribution is -2.30. The largest absolute Gasteiger partial charge is 0.507 e. The number of hydrogen-bond acceptors (Lipinski definition) is 4. The van der Waals surface area contributed by atoms with Crippen molar-refractivity contribution >= 4 is 46.5 Å². The Bertz CT molecular complexity index is 1130. The van der Waals surface area contributed by atoms with E-state index in [2.05, 4.69) is 4.98 Å². The van der Waals surface area contributed by atoms with E-state index in [1.54, 1.807) is 66.7 Å². The third-order valence-electron chi connectivity index (χ3n) is 4.62. The number of rotatable bonds is 3. The Kier molecular flexibility index (Phi) is 5.09. The number of anilines is 1. The molecule has 1 aliphatic heterocycles. The van der Waals surface area contributed by atoms with E-state index in [1.165, 1.54) is 11.1 Å². The molecule has 4 rings (SSSR count). The molecule has 1 saturated heterocycles. The number of benzene rings is 2. The predicted molar refractivity (Wildman–Crippen MR) is 112 cm³/mol. The third kappa shape index (κ3) is 3.50. The van der Waals surface area contributed by atoms with Gasteiger partial charge in [-0.1, -0.05) is 41.4 Å². The van der Waals surface area contributed by atoms with Gasteiger partial charge in [0.15, 0.2) is 0 Å². The lowest BCUT2D eigenvalue weighted by atomic mass is 9.95. The molecule has 0 bridgehead atoms. The number of aromatic nitrogens is 1. The minimum Gasteiger partial charge on any atom is -0.507 e. The van der Waals surface area contributed by atoms with Crippen LogP contribution in [0.25, 0.3) is 5.76 Å². The van der Waals surface area contributed by atoms with Crippen molar-refractivity contribution in [3.63, 3.8) is 0 Å². The summed E-state index contributed by atoms with van der Waals surface area (Å²) in [5.74, 6) is -1.56. The molecule has 0 unspecified atom stereocenters. The molecule has 1 amide bonds. The van der Waals surface area contributed by atoms with Crippen LogP contribution in [0.5, 0.6) is 0 Å². The van der Waals surface area contributed by atoms with E-state index in [0.29, 0.717) is 27.0 Å². The topological polar surface area (TPSA) is 70.5 Å². The van der Waals surface area contributed by atoms with Gasteiger partial charge >= 0.3 is 5.91 Å². The fraction of sp³-hybridized carbons (Fsp3) is 0.0455. The van der Waals surface area contributed by atoms with Gasteiger partial charge in [0, 0.05) is 21.8 Å². The summed E-state index contributed by atoms with van der Waals surface area (Å²) in [6, 6.07) is 17.4. The number of pyridine rings is 1. The predicted octanol–water partition coefficient (Wildman–Crippen LogP) is 5.01. The highest BCUT2D eigenvalue weighted by atomic mass is 35.5. The number of aliphatic hydroxyl groups excluding tert-OH is 1. The highest BCUT2D eigenvalue weighted by molar-refractivity contribution is 6.51. The molecular formula is C22H14Cl2N2O3. The number of ketones is 1. The molecule has 0 saturated carbocycles. The molecule has 7 heteroatoms. The lowest BCUT2D eigenvalue weighted by molar-refractivity contribution is -0.132. The van der Waals surface area contributed by atoms with Gasteiger partial charge in [0.05, 0.1) is 11.6 Å². The Morgan fingerprint density at radius 1 is 0.931 bits per heavy atom. The summed E-state index contributed by atoms with van der Waals surface area (Å²) < 4.78 is 0. The monoisotopic (exact) mass is 424 g/mol. The van der Waals surface area contributed by atoms with E-state index < -0.39 is 17.7 Å². The van der Waals surface area contributed by atoms with Gasteiger partial charge in [0.25, 0.3) is 5.78 Å². The number of Topliss-reactive ketones (excluding diaryl/α,β-unsaturated/α-hetero) is 1. The zero-order valence-electron chi connectivity index (χ0n) is 14.9. The van der Waals surface area contributed by atoms with E-state index in [0.717, 1.165) is 0 Å². The summed E-state index contributed by atoms with van der Waals surface area (Å²) in [6.45, 7) is 0. The molecule has 144 valence electrons. The summed E-state index contributed by atoms with van der Waals surface area (Å²) in [5, 5.41) is 11.9. The van der Waals surface area contributed by atoms with Crippen LogP contribution in [0.4, 0.5) is 5.82 Å². The van der Waals surface area contributed by atoms with E-state index in [9.17, 15) is 14.7 Å². The quantitative estimate of drug-likeness (QED) is 0.364. The minimum atomic E-state index is -0.876. The van der Waals surface area contributed by atoms with Gasteiger partial charge in [0.1, 0.15) is 11.6 Å². The highest BCUT2D eigenvalue weighted by Gasteiger charge is 2.47. The van der Waals surface area contributed by atoms with Crippen LogP contribution < -0.4 is 4.90 Å². The lowest BCUT2D eigenvalue weighted by Gasteiger charge is -2.24. The van der Waals surface area contributed by atoms with Crippen LogP contribution in [0.3, 0.4) is 0 Å². The molecule has 2 aromatic carbocycles. The second-order valence-corrected chi connectivity index (χ2v) is 7.29. The summed E-state index contributed by atoms with van der Waals surface area (Å²) in [6.07, 6.45) is 1.53. The SMILES string of the molecule is O=C1C(=O)N(c2ccccn2)[C@H](c2cccc(Cl)c2)C1=C(O)c1ccc(Cl)cc1. The molecule has 0 aliphatic carbocycles. The summed E-state index contributed by atoms with van der Waals surface area (Å²) in [4.78, 5) is 31.3. The van der Waals surface area contributed by atoms with Gasteiger partial charge in [-0.3, -0.25) is 14.5 Å². The summed E-state index contributed by atoms with van der Waals surface area (Å²) in [5.41, 5.74) is 0.920. The second kappa shape index (κ2) is 7.70. The van der Waals surface area contributed by atoms with Crippen molar-refractivity contribution in [3.05, 3.63) is 99.7 Å². The zero-order valence-corrected chi connectivity index (χ0v) is 16.4. The Morgan fingerprint density at radius 2 is 1.69 bits per heavy atom. The number of hydrogen-bond donors (Lipinski definition) is 1. The molecule has 29 heavy (non-hydrogen) atoms. The maximum Gasteiger partial charge on any atom is 0.301 e. The number of nitrogens with zero attached hydrogens (tertiary/aromatic N) is 2. The van der Waals surface area contributed by atoms with Gasteiger partial charge in [-0.05, 0) is 54.1 Å². The number of halogens is 2. The summed E-state index contributed by atoms with van der Waals surface area (Å²) in [7, 11) is 0. The standard InChI is InChI=1S/C22H14Cl2N2O3/c23-15-9-7-13(8-10-15)20(27)18-19(14-4-3-5-16(24)12-14)26(22(29)21(18)28)17-6-1-2-11-25-17/h1-12,19,27H/t19-/m1/s1. The number of amides is 1. The Balaban J connectivity index is 1.95. The maximum atomic E-state index is 12.9. The highest BCUT2D eigenvalue weighted by Crippen LogP contribution is 2.42. The molecule has 1 aliphatic rings. The van der Waals surface area contributed by atoms with Crippen molar-refractivity contribution in [1.29, 1.82) is 0 Å². The van der Waals surface area contributed by atoms with Crippen LogP contribution in [-0.2, 0) is 9.59 Å². The first-order valence-corrected chi connectivity index (χ1v) is 9.46. The fourth-order valence-corrected chi connectivity index (χ4v) is 3.65. The van der Waals surface area contributed by atoms with Crippen molar-refractivity contribution < 1.29 is 14.7 Å². The van der Waals surface area contributed by atoms with Crippen molar-refractivity contribution in [3.8, 4) is 0 Å². The van der Waals surface area contributed by atoms with Crippen LogP contribution in [0.2, 0.25) is 10.0 Å². The molecule has 0 radical (unpaired) electrons. The Hall–Kier alpha value is -3.15. The van der Waals surface area contributed by atoms with Gasteiger partial charge in [-0.15, -0.1) is 0 Å². The van der Waals surface area contributed by atoms with Crippen LogP contribution >= 0.6 is 23.2 Å². The Labute approximate surface area is 176 Å². The van der Waals surface area contributed by atoms with Crippen molar-refractivity contribution in [2.24, 2.45) is 0 Å². The molecule has 1 aromatic heterocycles. The first-order valence-electron chi connectivity index (χ1n) is 8.71. The average Bonchev–Trinajstić information content (AvgIpc) is 2.99. The normalized spacial score (nSPS) is 18.3. The number of carbonyl (C=O) groups is 2. The summed E-state index contributed by atoms with van der Waals surface area (Å²) >= 11 is 12.1. The zero-order chi connectivity index (χ0) is 20.5. The third-order valence-corrected chi connectivity index (χ3v) is 5.11. The maximum absolute atomic E-state index is 12.9. The number of carbonyl (C=O) groups excluding carboxylic acids is 2. The van der Waals surface area contributed by atoms with Crippen LogP contribution in [0, 0.1) is 0 Å². The van der Waals surface area contributed by atoms with Crippen molar-refractivity contribution in [2.45, 2.75) is 6.04 Å². The van der Waals surface area contributed by atoms with Crippen LogP contribution in [0.1, 0.15) is 17.2 Å². The smallest absolute Gasteiger partial charge is 0.301 e. The van der Waals surface area contributed by atoms with Gasteiger partial charge < -0.3 is 5.11 Å². The molecule has 2 heterocycles. The second-order valence-electron chi connectivity index (χ2n) is 6.42. The first-order chi connectivity index (χ1) is 14.0. The van der Waals surface area contributed by atoms with Crippen molar-refractivity contribution in [1.82, 2.24) is 4.98 Å². The molecule has 1 N–H and O–H groups in total. The Morgan fingerprint density at radius 3 is 2.34 bits per heavy atom. The van der Waals surface area contributed by atoms with Crippen LogP contribution in [-0.4, -0.2) is 21.8 Å². The fourth-order valence-electron chi connectivity index (χ4n) is 3.32. The van der Waals surface area contributed by atoms with Gasteiger partial charge in [-0.2, -0.15) is 0 Å². The molecule has 0 spiro atoms. The van der Waals surface area contributed by atoms with Gasteiger partial charge in [0.2, 0.25) is 0 Å². The first kappa shape index (κ1) is 19.2. The van der Waals surface area contributed by atoms with Gasteiger partial charge in [-0.25, -0.2) is 4.98 Å². The molecular weight excluding hydrogens is 411 g/mol. The molecule has 3 aromatic rings. The average molecular weight is 425 g/mol. The molecule has 1 fully saturated rings. The van der Waals surface area contributed by atoms with E-state index >= 15 is 0 Å². The van der Waals surface area contributed by atoms with E-state index in [4.69, 9.17) is 23.2 Å².